The molecule has 3 nitrogen and oxygen atoms in total. The molecule has 0 atom stereocenters. The average molecular weight is 237 g/mol. The third-order valence-electron chi connectivity index (χ3n) is 3.30. The number of fused-ring (bicyclic) bond motifs is 1. The maximum atomic E-state index is 5.78. The van der Waals surface area contributed by atoms with Crippen molar-refractivity contribution in [1.29, 1.82) is 0 Å². The fraction of sp³-hybridized carbons (Fsp3) is 0.133. The molecule has 2 aromatic carbocycles. The summed E-state index contributed by atoms with van der Waals surface area (Å²) in [6.45, 7) is 4.22. The molecule has 0 fully saturated rings. The Balaban J connectivity index is 2.32. The van der Waals surface area contributed by atoms with Gasteiger partial charge in [-0.25, -0.2) is 0 Å². The van der Waals surface area contributed by atoms with Crippen molar-refractivity contribution in [3.63, 3.8) is 0 Å². The number of nitrogens with zero attached hydrogens (tertiary/aromatic N) is 1. The Morgan fingerprint density at radius 2 is 1.78 bits per heavy atom. The van der Waals surface area contributed by atoms with E-state index in [4.69, 9.17) is 5.73 Å². The maximum absolute atomic E-state index is 5.78. The Labute approximate surface area is 106 Å². The third-order valence-corrected chi connectivity index (χ3v) is 3.30. The quantitative estimate of drug-likeness (QED) is 0.637. The normalized spacial score (nSPS) is 11.0. The van der Waals surface area contributed by atoms with Crippen molar-refractivity contribution in [3.8, 4) is 11.3 Å². The van der Waals surface area contributed by atoms with Gasteiger partial charge in [0.25, 0.3) is 0 Å². The van der Waals surface area contributed by atoms with E-state index in [1.165, 1.54) is 16.7 Å². The van der Waals surface area contributed by atoms with Gasteiger partial charge in [0, 0.05) is 16.6 Å². The van der Waals surface area contributed by atoms with E-state index in [0.717, 1.165) is 22.3 Å². The molecule has 18 heavy (non-hydrogen) atoms. The number of aromatic amines is 1. The Hall–Kier alpha value is -2.29. The summed E-state index contributed by atoms with van der Waals surface area (Å²) in [5, 5.41) is 8.61. The number of nitrogen functional groups attached to an aromatic ring is 1. The lowest BCUT2D eigenvalue weighted by Gasteiger charge is -2.07. The van der Waals surface area contributed by atoms with Gasteiger partial charge < -0.3 is 5.73 Å². The second kappa shape index (κ2) is 3.88. The van der Waals surface area contributed by atoms with Crippen LogP contribution in [0, 0.1) is 13.8 Å². The summed E-state index contributed by atoms with van der Waals surface area (Å²) >= 11 is 0. The molecule has 3 N–H and O–H groups in total. The molecule has 0 bridgehead atoms. The summed E-state index contributed by atoms with van der Waals surface area (Å²) < 4.78 is 0. The lowest BCUT2D eigenvalue weighted by atomic mass is 9.98. The van der Waals surface area contributed by atoms with Crippen LogP contribution >= 0.6 is 0 Å². The van der Waals surface area contributed by atoms with Crippen LogP contribution in [-0.2, 0) is 0 Å². The van der Waals surface area contributed by atoms with Gasteiger partial charge in [-0.1, -0.05) is 18.2 Å². The average Bonchev–Trinajstić information content (AvgIpc) is 2.72. The number of benzene rings is 2. The largest absolute Gasteiger partial charge is 0.399 e. The number of nitrogens with two attached hydrogens (primary N) is 1. The number of anilines is 1. The summed E-state index contributed by atoms with van der Waals surface area (Å²) in [6.07, 6.45) is 0. The van der Waals surface area contributed by atoms with Gasteiger partial charge in [-0.15, -0.1) is 0 Å². The molecule has 3 aromatic rings. The molecule has 0 saturated heterocycles. The van der Waals surface area contributed by atoms with Crippen LogP contribution in [0.3, 0.4) is 0 Å². The Morgan fingerprint density at radius 3 is 2.50 bits per heavy atom. The van der Waals surface area contributed by atoms with Crippen LogP contribution in [0.2, 0.25) is 0 Å². The highest BCUT2D eigenvalue weighted by Gasteiger charge is 2.12. The fourth-order valence-corrected chi connectivity index (χ4v) is 2.42. The summed E-state index contributed by atoms with van der Waals surface area (Å²) in [7, 11) is 0. The molecule has 1 aromatic heterocycles. The van der Waals surface area contributed by atoms with Crippen LogP contribution in [0.15, 0.2) is 36.4 Å². The van der Waals surface area contributed by atoms with Crippen LogP contribution in [0.25, 0.3) is 22.2 Å². The van der Waals surface area contributed by atoms with Crippen LogP contribution in [-0.4, -0.2) is 10.2 Å². The molecule has 1 heterocycles. The van der Waals surface area contributed by atoms with E-state index in [2.05, 4.69) is 42.2 Å². The smallest absolute Gasteiger partial charge is 0.100 e. The highest BCUT2D eigenvalue weighted by molar-refractivity contribution is 5.95. The minimum absolute atomic E-state index is 0.749. The molecular weight excluding hydrogens is 222 g/mol. The van der Waals surface area contributed by atoms with Crippen molar-refractivity contribution < 1.29 is 0 Å². The summed E-state index contributed by atoms with van der Waals surface area (Å²) in [5.74, 6) is 0. The van der Waals surface area contributed by atoms with Gasteiger partial charge in [0.1, 0.15) is 5.69 Å². The third kappa shape index (κ3) is 1.56. The van der Waals surface area contributed by atoms with Crippen LogP contribution in [0.4, 0.5) is 5.69 Å². The van der Waals surface area contributed by atoms with Crippen molar-refractivity contribution in [1.82, 2.24) is 10.2 Å². The van der Waals surface area contributed by atoms with Crippen LogP contribution in [0.5, 0.6) is 0 Å². The number of aryl methyl sites for hydroxylation is 2. The van der Waals surface area contributed by atoms with Crippen LogP contribution in [0.1, 0.15) is 11.1 Å². The van der Waals surface area contributed by atoms with Gasteiger partial charge in [0.05, 0.1) is 5.52 Å². The summed E-state index contributed by atoms with van der Waals surface area (Å²) in [4.78, 5) is 0. The molecule has 0 aliphatic carbocycles. The molecule has 0 aliphatic heterocycles. The van der Waals surface area contributed by atoms with Crippen molar-refractivity contribution in [3.05, 3.63) is 47.5 Å². The zero-order chi connectivity index (χ0) is 12.7. The predicted octanol–water partition coefficient (Wildman–Crippen LogP) is 3.43. The number of rotatable bonds is 1. The lowest BCUT2D eigenvalue weighted by molar-refractivity contribution is 1.12. The van der Waals surface area contributed by atoms with Crippen molar-refractivity contribution in [2.45, 2.75) is 13.8 Å². The highest BCUT2D eigenvalue weighted by Crippen LogP contribution is 2.31. The van der Waals surface area contributed by atoms with E-state index in [1.54, 1.807) is 0 Å². The second-order valence-corrected chi connectivity index (χ2v) is 4.64. The zero-order valence-corrected chi connectivity index (χ0v) is 10.5. The van der Waals surface area contributed by atoms with Crippen molar-refractivity contribution in [2.75, 3.05) is 5.73 Å². The van der Waals surface area contributed by atoms with E-state index < -0.39 is 0 Å². The lowest BCUT2D eigenvalue weighted by Crippen LogP contribution is -1.88. The first kappa shape index (κ1) is 10.8. The first-order chi connectivity index (χ1) is 8.66. The van der Waals surface area contributed by atoms with Crippen LogP contribution < -0.4 is 5.73 Å². The topological polar surface area (TPSA) is 54.7 Å². The number of hydrogen-bond donors (Lipinski definition) is 2. The van der Waals surface area contributed by atoms with Gasteiger partial charge in [-0.2, -0.15) is 5.10 Å². The minimum atomic E-state index is 0.749. The summed E-state index contributed by atoms with van der Waals surface area (Å²) in [5.41, 5.74) is 12.2. The Morgan fingerprint density at radius 1 is 1.06 bits per heavy atom. The van der Waals surface area contributed by atoms with E-state index in [-0.39, 0.29) is 0 Å². The van der Waals surface area contributed by atoms with Gasteiger partial charge in [-0.05, 0) is 43.2 Å². The molecule has 0 saturated carbocycles. The SMILES string of the molecule is Cc1cccc(C)c1-c1n[nH]c2cc(N)ccc12. The molecule has 3 rings (SSSR count). The number of hydrogen-bond acceptors (Lipinski definition) is 2. The first-order valence-corrected chi connectivity index (χ1v) is 5.97. The van der Waals surface area contributed by atoms with E-state index >= 15 is 0 Å². The number of nitrogens with one attached hydrogen (secondary N) is 1. The van der Waals surface area contributed by atoms with Crippen molar-refractivity contribution >= 4 is 16.6 Å². The number of aromatic nitrogens is 2. The molecule has 0 aliphatic rings. The van der Waals surface area contributed by atoms with Gasteiger partial charge >= 0.3 is 0 Å². The van der Waals surface area contributed by atoms with Gasteiger partial charge in [0.2, 0.25) is 0 Å². The van der Waals surface area contributed by atoms with E-state index in [1.807, 2.05) is 18.2 Å². The second-order valence-electron chi connectivity index (χ2n) is 4.64. The highest BCUT2D eigenvalue weighted by atomic mass is 15.1. The zero-order valence-electron chi connectivity index (χ0n) is 10.5. The fourth-order valence-electron chi connectivity index (χ4n) is 2.42. The van der Waals surface area contributed by atoms with E-state index in [0.29, 0.717) is 0 Å². The standard InChI is InChI=1S/C15H15N3/c1-9-4-3-5-10(2)14(9)15-12-7-6-11(16)8-13(12)17-18-15/h3-8H,16H2,1-2H3,(H,17,18). The van der Waals surface area contributed by atoms with Gasteiger partial charge in [0.15, 0.2) is 0 Å². The molecule has 0 amide bonds. The Bertz CT molecular complexity index is 705. The number of H-pyrrole nitrogens is 1. The molecular formula is C15H15N3. The first-order valence-electron chi connectivity index (χ1n) is 5.97. The summed E-state index contributed by atoms with van der Waals surface area (Å²) in [6, 6.07) is 12.1. The van der Waals surface area contributed by atoms with E-state index in [9.17, 15) is 0 Å². The molecule has 0 unspecified atom stereocenters. The van der Waals surface area contributed by atoms with Crippen molar-refractivity contribution in [2.24, 2.45) is 0 Å². The molecule has 3 heteroatoms. The predicted molar refractivity (Wildman–Crippen MR) is 75.4 cm³/mol. The minimum Gasteiger partial charge on any atom is -0.399 e. The molecule has 0 radical (unpaired) electrons. The molecule has 0 spiro atoms. The maximum Gasteiger partial charge on any atom is 0.100 e. The van der Waals surface area contributed by atoms with Gasteiger partial charge in [-0.3, -0.25) is 5.10 Å². The Kier molecular flexibility index (Phi) is 2.33. The molecule has 90 valence electrons. The monoisotopic (exact) mass is 237 g/mol.